The van der Waals surface area contributed by atoms with Gasteiger partial charge in [0.25, 0.3) is 5.91 Å². The van der Waals surface area contributed by atoms with E-state index in [9.17, 15) is 4.79 Å². The van der Waals surface area contributed by atoms with Crippen LogP contribution in [0.5, 0.6) is 0 Å². The molecule has 0 bridgehead atoms. The molecule has 0 aliphatic rings. The zero-order chi connectivity index (χ0) is 14.8. The van der Waals surface area contributed by atoms with Gasteiger partial charge in [-0.2, -0.15) is 5.10 Å². The average molecular weight is 273 g/mol. The van der Waals surface area contributed by atoms with E-state index in [2.05, 4.69) is 46.6 Å². The minimum Gasteiger partial charge on any atom is -0.373 e. The number of H-pyrrole nitrogens is 1. The van der Waals surface area contributed by atoms with Crippen molar-refractivity contribution in [3.63, 3.8) is 0 Å². The van der Waals surface area contributed by atoms with E-state index in [0.29, 0.717) is 17.1 Å². The summed E-state index contributed by atoms with van der Waals surface area (Å²) in [4.78, 5) is 16.7. The molecule has 0 unspecified atom stereocenters. The van der Waals surface area contributed by atoms with E-state index in [1.807, 2.05) is 6.07 Å². The summed E-state index contributed by atoms with van der Waals surface area (Å²) in [5, 5.41) is 12.2. The van der Waals surface area contributed by atoms with Crippen LogP contribution in [0.4, 0.5) is 11.5 Å². The van der Waals surface area contributed by atoms with Crippen molar-refractivity contribution >= 4 is 17.4 Å². The highest BCUT2D eigenvalue weighted by Gasteiger charge is 2.19. The molecule has 2 aromatic rings. The number of hydrogen-bond donors (Lipinski definition) is 3. The van der Waals surface area contributed by atoms with Gasteiger partial charge >= 0.3 is 0 Å². The van der Waals surface area contributed by atoms with Crippen molar-refractivity contribution in [1.82, 2.24) is 15.2 Å². The molecule has 2 rings (SSSR count). The molecular weight excluding hydrogens is 254 g/mol. The van der Waals surface area contributed by atoms with E-state index in [-0.39, 0.29) is 11.3 Å². The standard InChI is InChI=1S/C14H19N5O/c1-14(2,3)11-5-9(6-12(15-4)19-11)13(20)18-10-7-16-17-8-10/h5-8H,1-4H3,(H,15,19)(H,16,17)(H,18,20). The zero-order valence-electron chi connectivity index (χ0n) is 12.1. The number of pyridine rings is 1. The minimum atomic E-state index is -0.184. The van der Waals surface area contributed by atoms with Crippen LogP contribution in [-0.4, -0.2) is 28.1 Å². The van der Waals surface area contributed by atoms with Gasteiger partial charge in [0.1, 0.15) is 5.82 Å². The number of amides is 1. The Morgan fingerprint density at radius 3 is 2.60 bits per heavy atom. The molecule has 0 fully saturated rings. The van der Waals surface area contributed by atoms with Crippen molar-refractivity contribution < 1.29 is 4.79 Å². The second-order valence-electron chi connectivity index (χ2n) is 5.57. The van der Waals surface area contributed by atoms with Gasteiger partial charge in [-0.15, -0.1) is 0 Å². The van der Waals surface area contributed by atoms with Crippen LogP contribution in [0.25, 0.3) is 0 Å². The molecule has 6 nitrogen and oxygen atoms in total. The number of nitrogens with one attached hydrogen (secondary N) is 3. The highest BCUT2D eigenvalue weighted by atomic mass is 16.1. The van der Waals surface area contributed by atoms with Gasteiger partial charge < -0.3 is 10.6 Å². The van der Waals surface area contributed by atoms with Crippen molar-refractivity contribution in [2.45, 2.75) is 26.2 Å². The van der Waals surface area contributed by atoms with Crippen LogP contribution in [0, 0.1) is 0 Å². The number of carbonyl (C=O) groups excluding carboxylic acids is 1. The summed E-state index contributed by atoms with van der Waals surface area (Å²) in [5.74, 6) is 0.491. The summed E-state index contributed by atoms with van der Waals surface area (Å²) < 4.78 is 0. The molecule has 1 amide bonds. The molecule has 0 aliphatic heterocycles. The number of carbonyl (C=O) groups is 1. The van der Waals surface area contributed by atoms with Gasteiger partial charge in [0.2, 0.25) is 0 Å². The van der Waals surface area contributed by atoms with Crippen LogP contribution in [0.2, 0.25) is 0 Å². The molecular formula is C14H19N5O. The fourth-order valence-corrected chi connectivity index (χ4v) is 1.70. The first-order valence-corrected chi connectivity index (χ1v) is 6.40. The molecule has 6 heteroatoms. The van der Waals surface area contributed by atoms with Gasteiger partial charge in [-0.1, -0.05) is 20.8 Å². The van der Waals surface area contributed by atoms with E-state index < -0.39 is 0 Å². The Bertz CT molecular complexity index is 599. The Hall–Kier alpha value is -2.37. The number of hydrogen-bond acceptors (Lipinski definition) is 4. The fraction of sp³-hybridized carbons (Fsp3) is 0.357. The lowest BCUT2D eigenvalue weighted by atomic mass is 9.90. The van der Waals surface area contributed by atoms with E-state index in [1.54, 1.807) is 25.5 Å². The number of aromatic nitrogens is 3. The first-order chi connectivity index (χ1) is 9.40. The summed E-state index contributed by atoms with van der Waals surface area (Å²) in [5.41, 5.74) is 1.93. The molecule has 0 saturated carbocycles. The van der Waals surface area contributed by atoms with Gasteiger partial charge in [0.15, 0.2) is 0 Å². The Kier molecular flexibility index (Phi) is 3.74. The van der Waals surface area contributed by atoms with Gasteiger partial charge in [0, 0.05) is 29.9 Å². The first-order valence-electron chi connectivity index (χ1n) is 6.40. The van der Waals surface area contributed by atoms with Crippen LogP contribution in [0.15, 0.2) is 24.5 Å². The maximum Gasteiger partial charge on any atom is 0.255 e. The average Bonchev–Trinajstić information content (AvgIpc) is 2.90. The fourth-order valence-electron chi connectivity index (χ4n) is 1.70. The SMILES string of the molecule is CNc1cc(C(=O)Nc2cn[nH]c2)cc(C(C)(C)C)n1. The van der Waals surface area contributed by atoms with Crippen molar-refractivity contribution in [1.29, 1.82) is 0 Å². The largest absolute Gasteiger partial charge is 0.373 e. The second kappa shape index (κ2) is 5.32. The highest BCUT2D eigenvalue weighted by molar-refractivity contribution is 6.04. The Morgan fingerprint density at radius 1 is 1.30 bits per heavy atom. The van der Waals surface area contributed by atoms with Crippen LogP contribution >= 0.6 is 0 Å². The third-order valence-electron chi connectivity index (χ3n) is 2.87. The van der Waals surface area contributed by atoms with Crippen LogP contribution in [0.1, 0.15) is 36.8 Å². The third kappa shape index (κ3) is 3.14. The summed E-state index contributed by atoms with van der Waals surface area (Å²) >= 11 is 0. The van der Waals surface area contributed by atoms with Gasteiger partial charge in [-0.25, -0.2) is 4.98 Å². The first kappa shape index (κ1) is 14.0. The maximum atomic E-state index is 12.3. The summed E-state index contributed by atoms with van der Waals surface area (Å²) in [6.45, 7) is 6.19. The smallest absolute Gasteiger partial charge is 0.255 e. The van der Waals surface area contributed by atoms with Crippen molar-refractivity contribution in [2.75, 3.05) is 17.7 Å². The number of nitrogens with zero attached hydrogens (tertiary/aromatic N) is 2. The number of rotatable bonds is 3. The van der Waals surface area contributed by atoms with Crippen molar-refractivity contribution in [3.05, 3.63) is 35.8 Å². The Labute approximate surface area is 118 Å². The molecule has 0 saturated heterocycles. The molecule has 3 N–H and O–H groups in total. The molecule has 20 heavy (non-hydrogen) atoms. The lowest BCUT2D eigenvalue weighted by molar-refractivity contribution is 0.102. The molecule has 0 aromatic carbocycles. The van der Waals surface area contributed by atoms with E-state index in [4.69, 9.17) is 0 Å². The number of aromatic amines is 1. The highest BCUT2D eigenvalue weighted by Crippen LogP contribution is 2.23. The minimum absolute atomic E-state index is 0.127. The molecule has 0 radical (unpaired) electrons. The lowest BCUT2D eigenvalue weighted by Gasteiger charge is -2.19. The van der Waals surface area contributed by atoms with Crippen molar-refractivity contribution in [2.24, 2.45) is 0 Å². The second-order valence-corrected chi connectivity index (χ2v) is 5.57. The zero-order valence-corrected chi connectivity index (χ0v) is 12.1. The molecule has 106 valence electrons. The van der Waals surface area contributed by atoms with Gasteiger partial charge in [-0.3, -0.25) is 9.89 Å². The molecule has 0 aliphatic carbocycles. The van der Waals surface area contributed by atoms with Crippen LogP contribution in [-0.2, 0) is 5.41 Å². The van der Waals surface area contributed by atoms with Crippen LogP contribution < -0.4 is 10.6 Å². The number of anilines is 2. The monoisotopic (exact) mass is 273 g/mol. The third-order valence-corrected chi connectivity index (χ3v) is 2.87. The topological polar surface area (TPSA) is 82.7 Å². The summed E-state index contributed by atoms with van der Waals surface area (Å²) in [7, 11) is 1.78. The molecule has 0 atom stereocenters. The predicted octanol–water partition coefficient (Wildman–Crippen LogP) is 2.40. The van der Waals surface area contributed by atoms with Crippen LogP contribution in [0.3, 0.4) is 0 Å². The lowest BCUT2D eigenvalue weighted by Crippen LogP contribution is -2.18. The van der Waals surface area contributed by atoms with Gasteiger partial charge in [0.05, 0.1) is 11.9 Å². The quantitative estimate of drug-likeness (QED) is 0.802. The molecule has 2 heterocycles. The molecule has 0 spiro atoms. The summed E-state index contributed by atoms with van der Waals surface area (Å²) in [6, 6.07) is 3.54. The summed E-state index contributed by atoms with van der Waals surface area (Å²) in [6.07, 6.45) is 3.19. The predicted molar refractivity (Wildman–Crippen MR) is 79.0 cm³/mol. The molecule has 2 aromatic heterocycles. The van der Waals surface area contributed by atoms with Crippen molar-refractivity contribution in [3.8, 4) is 0 Å². The maximum absolute atomic E-state index is 12.3. The van der Waals surface area contributed by atoms with E-state index in [0.717, 1.165) is 5.69 Å². The van der Waals surface area contributed by atoms with E-state index in [1.165, 1.54) is 0 Å². The Balaban J connectivity index is 2.33. The van der Waals surface area contributed by atoms with E-state index >= 15 is 0 Å². The normalized spacial score (nSPS) is 11.2. The Morgan fingerprint density at radius 2 is 2.05 bits per heavy atom. The van der Waals surface area contributed by atoms with Gasteiger partial charge in [-0.05, 0) is 12.1 Å².